The number of amides is 1. The maximum absolute atomic E-state index is 13.2. The first-order valence-corrected chi connectivity index (χ1v) is 12.9. The zero-order valence-corrected chi connectivity index (χ0v) is 22.9. The van der Waals surface area contributed by atoms with E-state index in [0.29, 0.717) is 16.7 Å². The number of carbonyl (C=O) groups is 1. The summed E-state index contributed by atoms with van der Waals surface area (Å²) in [6.45, 7) is 8.35. The van der Waals surface area contributed by atoms with Gasteiger partial charge in [-0.25, -0.2) is 0 Å². The third kappa shape index (κ3) is 6.73. The molecule has 0 aliphatic carbocycles. The Morgan fingerprint density at radius 2 is 1.51 bits per heavy atom. The second kappa shape index (κ2) is 11.8. The van der Waals surface area contributed by atoms with E-state index in [1.807, 2.05) is 88.4 Å². The number of hydrogen-bond acceptors (Lipinski definition) is 4. The largest absolute Gasteiger partial charge is 0.493 e. The number of hydrogen-bond donors (Lipinski definition) is 1. The minimum Gasteiger partial charge on any atom is -0.493 e. The summed E-state index contributed by atoms with van der Waals surface area (Å²) in [5, 5.41) is 8.52. The van der Waals surface area contributed by atoms with E-state index < -0.39 is 0 Å². The fourth-order valence-electron chi connectivity index (χ4n) is 4.48. The van der Waals surface area contributed by atoms with Gasteiger partial charge in [0.05, 0.1) is 24.8 Å². The molecule has 192 valence electrons. The van der Waals surface area contributed by atoms with Crippen LogP contribution in [0.25, 0.3) is 0 Å². The Labute approximate surface area is 227 Å². The second-order valence-corrected chi connectivity index (χ2v) is 10.1. The average molecular weight is 537 g/mol. The van der Waals surface area contributed by atoms with Crippen LogP contribution in [0.5, 0.6) is 5.75 Å². The van der Waals surface area contributed by atoms with Crippen LogP contribution in [0.2, 0.25) is 10.0 Å². The highest BCUT2D eigenvalue weighted by molar-refractivity contribution is 6.31. The van der Waals surface area contributed by atoms with Gasteiger partial charge in [0.15, 0.2) is 0 Å². The summed E-state index contributed by atoms with van der Waals surface area (Å²) in [6, 6.07) is 18.7. The molecule has 0 unspecified atom stereocenters. The number of carbonyl (C=O) groups excluding carboxylic acids is 1. The number of nitrogens with zero attached hydrogens (tertiary/aromatic N) is 1. The van der Waals surface area contributed by atoms with E-state index in [1.54, 1.807) is 0 Å². The van der Waals surface area contributed by atoms with Crippen LogP contribution in [0.15, 0.2) is 65.2 Å². The highest BCUT2D eigenvalue weighted by atomic mass is 35.5. The molecule has 0 spiro atoms. The average Bonchev–Trinajstić information content (AvgIpc) is 3.16. The van der Waals surface area contributed by atoms with Crippen LogP contribution >= 0.6 is 23.2 Å². The number of halogens is 2. The van der Waals surface area contributed by atoms with Gasteiger partial charge in [0.25, 0.3) is 0 Å². The van der Waals surface area contributed by atoms with Crippen molar-refractivity contribution in [2.75, 3.05) is 6.61 Å². The summed E-state index contributed by atoms with van der Waals surface area (Å²) in [4.78, 5) is 13.2. The van der Waals surface area contributed by atoms with Gasteiger partial charge >= 0.3 is 0 Å². The topological polar surface area (TPSA) is 64.4 Å². The van der Waals surface area contributed by atoms with Crippen LogP contribution in [0.1, 0.15) is 50.9 Å². The standard InChI is InChI=1S/C30H30Cl2N2O3/c1-18-15-23(31)7-11-26(18)30(27-12-8-24(32)16-19(27)2)33-29(35)17-22-5-9-25(10-6-22)36-14-13-28-20(3)34-37-21(28)4/h5-12,15-16,30H,13-14,17H2,1-4H3,(H,33,35). The third-order valence-electron chi connectivity index (χ3n) is 6.48. The molecule has 7 heteroatoms. The maximum atomic E-state index is 13.2. The van der Waals surface area contributed by atoms with E-state index in [0.717, 1.165) is 57.0 Å². The van der Waals surface area contributed by atoms with Gasteiger partial charge in [-0.2, -0.15) is 0 Å². The van der Waals surface area contributed by atoms with Gasteiger partial charge in [0.2, 0.25) is 5.91 Å². The van der Waals surface area contributed by atoms with E-state index in [2.05, 4.69) is 10.5 Å². The fraction of sp³-hybridized carbons (Fsp3) is 0.267. The highest BCUT2D eigenvalue weighted by Gasteiger charge is 2.21. The Morgan fingerprint density at radius 3 is 2.03 bits per heavy atom. The molecule has 4 aromatic rings. The van der Waals surface area contributed by atoms with Gasteiger partial charge < -0.3 is 14.6 Å². The molecule has 1 N–H and O–H groups in total. The Hall–Kier alpha value is -3.28. The van der Waals surface area contributed by atoms with Gasteiger partial charge in [-0.15, -0.1) is 0 Å². The first-order chi connectivity index (χ1) is 17.7. The Morgan fingerprint density at radius 1 is 0.919 bits per heavy atom. The molecule has 4 rings (SSSR count). The molecule has 0 saturated heterocycles. The lowest BCUT2D eigenvalue weighted by molar-refractivity contribution is -0.120. The van der Waals surface area contributed by atoms with Crippen molar-refractivity contribution >= 4 is 29.1 Å². The van der Waals surface area contributed by atoms with E-state index in [-0.39, 0.29) is 18.4 Å². The summed E-state index contributed by atoms with van der Waals surface area (Å²) in [6.07, 6.45) is 0.968. The van der Waals surface area contributed by atoms with Gasteiger partial charge in [-0.05, 0) is 91.9 Å². The molecule has 5 nitrogen and oxygen atoms in total. The first-order valence-electron chi connectivity index (χ1n) is 12.2. The predicted molar refractivity (Wildman–Crippen MR) is 148 cm³/mol. The summed E-state index contributed by atoms with van der Waals surface area (Å²) in [5.74, 6) is 1.49. The number of benzene rings is 3. The lowest BCUT2D eigenvalue weighted by atomic mass is 9.92. The molecule has 1 heterocycles. The van der Waals surface area contributed by atoms with Crippen LogP contribution in [0.3, 0.4) is 0 Å². The molecule has 0 aliphatic rings. The van der Waals surface area contributed by atoms with Crippen molar-refractivity contribution in [2.24, 2.45) is 0 Å². The smallest absolute Gasteiger partial charge is 0.225 e. The molecular weight excluding hydrogens is 507 g/mol. The molecule has 1 amide bonds. The maximum Gasteiger partial charge on any atom is 0.225 e. The normalized spacial score (nSPS) is 11.1. The van der Waals surface area contributed by atoms with Crippen molar-refractivity contribution in [2.45, 2.75) is 46.6 Å². The van der Waals surface area contributed by atoms with Crippen LogP contribution < -0.4 is 10.1 Å². The molecule has 37 heavy (non-hydrogen) atoms. The molecular formula is C30H30Cl2N2O3. The van der Waals surface area contributed by atoms with Crippen LogP contribution in [0, 0.1) is 27.7 Å². The van der Waals surface area contributed by atoms with E-state index >= 15 is 0 Å². The van der Waals surface area contributed by atoms with Gasteiger partial charge in [0.1, 0.15) is 11.5 Å². The number of nitrogens with one attached hydrogen (secondary N) is 1. The second-order valence-electron chi connectivity index (χ2n) is 9.22. The van der Waals surface area contributed by atoms with Crippen molar-refractivity contribution in [3.8, 4) is 5.75 Å². The van der Waals surface area contributed by atoms with Gasteiger partial charge in [0, 0.05) is 22.0 Å². The minimum atomic E-state index is -0.325. The molecule has 3 aromatic carbocycles. The zero-order chi connectivity index (χ0) is 26.5. The summed E-state index contributed by atoms with van der Waals surface area (Å²) in [7, 11) is 0. The molecule has 0 atom stereocenters. The fourth-order valence-corrected chi connectivity index (χ4v) is 4.93. The van der Waals surface area contributed by atoms with Gasteiger partial charge in [-0.1, -0.05) is 52.6 Å². The lowest BCUT2D eigenvalue weighted by Gasteiger charge is -2.24. The monoisotopic (exact) mass is 536 g/mol. The quantitative estimate of drug-likeness (QED) is 0.244. The van der Waals surface area contributed by atoms with Crippen molar-refractivity contribution in [1.82, 2.24) is 10.5 Å². The summed E-state index contributed by atoms with van der Waals surface area (Å²) < 4.78 is 11.1. The summed E-state index contributed by atoms with van der Waals surface area (Å²) >= 11 is 12.4. The van der Waals surface area contributed by atoms with Crippen LogP contribution in [-0.4, -0.2) is 17.7 Å². The highest BCUT2D eigenvalue weighted by Crippen LogP contribution is 2.30. The van der Waals surface area contributed by atoms with E-state index in [9.17, 15) is 4.79 Å². The van der Waals surface area contributed by atoms with Crippen LogP contribution in [0.4, 0.5) is 0 Å². The number of rotatable bonds is 9. The number of ether oxygens (including phenoxy) is 1. The minimum absolute atomic E-state index is 0.0826. The van der Waals surface area contributed by atoms with Crippen LogP contribution in [-0.2, 0) is 17.6 Å². The third-order valence-corrected chi connectivity index (χ3v) is 6.95. The molecule has 1 aromatic heterocycles. The lowest BCUT2D eigenvalue weighted by Crippen LogP contribution is -2.31. The van der Waals surface area contributed by atoms with E-state index in [4.69, 9.17) is 32.5 Å². The Balaban J connectivity index is 1.43. The Bertz CT molecular complexity index is 1330. The SMILES string of the molecule is Cc1cc(Cl)ccc1C(NC(=O)Cc1ccc(OCCc2c(C)noc2C)cc1)c1ccc(Cl)cc1C. The predicted octanol–water partition coefficient (Wildman–Crippen LogP) is 7.28. The Kier molecular flexibility index (Phi) is 8.57. The molecule has 0 aliphatic heterocycles. The van der Waals surface area contributed by atoms with Crippen molar-refractivity contribution in [1.29, 1.82) is 0 Å². The molecule has 0 saturated carbocycles. The van der Waals surface area contributed by atoms with Crippen molar-refractivity contribution in [3.05, 3.63) is 116 Å². The molecule has 0 fully saturated rings. The summed E-state index contributed by atoms with van der Waals surface area (Å²) in [5.41, 5.74) is 6.86. The molecule has 0 bridgehead atoms. The van der Waals surface area contributed by atoms with E-state index in [1.165, 1.54) is 0 Å². The molecule has 0 radical (unpaired) electrons. The number of aryl methyl sites for hydroxylation is 4. The zero-order valence-electron chi connectivity index (χ0n) is 21.4. The van der Waals surface area contributed by atoms with Crippen molar-refractivity contribution < 1.29 is 14.1 Å². The van der Waals surface area contributed by atoms with Gasteiger partial charge in [-0.3, -0.25) is 4.79 Å². The first kappa shape index (κ1) is 26.8. The number of aromatic nitrogens is 1. The van der Waals surface area contributed by atoms with Crippen molar-refractivity contribution in [3.63, 3.8) is 0 Å².